The minimum absolute atomic E-state index is 0.238. The standard InChI is InChI=1S/C17H15N5OS/c1-2-23-16-13(10-18)14(19)9-15(22-16)21-12-5-3-11(4-6-12)17-20-7-8-24-17/h3-9H,2H2,1H3,(H3,19,21,22). The summed E-state index contributed by atoms with van der Waals surface area (Å²) in [5, 5.41) is 15.2. The van der Waals surface area contributed by atoms with Gasteiger partial charge < -0.3 is 15.8 Å². The average Bonchev–Trinajstić information content (AvgIpc) is 3.10. The van der Waals surface area contributed by atoms with Crippen LogP contribution in [0.15, 0.2) is 41.9 Å². The number of thiazole rings is 1. The summed E-state index contributed by atoms with van der Waals surface area (Å²) in [5.74, 6) is 0.763. The van der Waals surface area contributed by atoms with E-state index in [9.17, 15) is 0 Å². The second kappa shape index (κ2) is 6.98. The number of ether oxygens (including phenoxy) is 1. The number of hydrogen-bond acceptors (Lipinski definition) is 7. The molecular weight excluding hydrogens is 322 g/mol. The summed E-state index contributed by atoms with van der Waals surface area (Å²) in [6.07, 6.45) is 1.78. The summed E-state index contributed by atoms with van der Waals surface area (Å²) in [6.45, 7) is 2.24. The van der Waals surface area contributed by atoms with E-state index in [0.29, 0.717) is 18.1 Å². The number of aromatic nitrogens is 2. The lowest BCUT2D eigenvalue weighted by Gasteiger charge is -2.11. The van der Waals surface area contributed by atoms with Gasteiger partial charge in [-0.2, -0.15) is 10.2 Å². The highest BCUT2D eigenvalue weighted by molar-refractivity contribution is 7.13. The van der Waals surface area contributed by atoms with Crippen molar-refractivity contribution in [3.63, 3.8) is 0 Å². The molecular formula is C17H15N5OS. The Kier molecular flexibility index (Phi) is 4.59. The molecule has 3 rings (SSSR count). The molecule has 0 unspecified atom stereocenters. The number of nitrogens with one attached hydrogen (secondary N) is 1. The SMILES string of the molecule is CCOc1nc(Nc2ccc(-c3nccs3)cc2)cc(N)c1C#N. The molecule has 0 aliphatic heterocycles. The van der Waals surface area contributed by atoms with Gasteiger partial charge in [0.15, 0.2) is 0 Å². The molecule has 7 heteroatoms. The number of rotatable bonds is 5. The summed E-state index contributed by atoms with van der Waals surface area (Å²) in [7, 11) is 0. The third-order valence-corrected chi connectivity index (χ3v) is 4.07. The number of nitrogens with two attached hydrogens (primary N) is 1. The Morgan fingerprint density at radius 2 is 2.12 bits per heavy atom. The Morgan fingerprint density at radius 3 is 2.75 bits per heavy atom. The van der Waals surface area contributed by atoms with Crippen molar-refractivity contribution >= 4 is 28.5 Å². The molecule has 1 aromatic carbocycles. The molecule has 0 atom stereocenters. The van der Waals surface area contributed by atoms with Gasteiger partial charge in [0.25, 0.3) is 0 Å². The van der Waals surface area contributed by atoms with Crippen molar-refractivity contribution in [1.29, 1.82) is 5.26 Å². The zero-order chi connectivity index (χ0) is 16.9. The van der Waals surface area contributed by atoms with Crippen molar-refractivity contribution in [2.24, 2.45) is 0 Å². The molecule has 3 N–H and O–H groups in total. The molecule has 0 amide bonds. The van der Waals surface area contributed by atoms with E-state index in [1.807, 2.05) is 42.6 Å². The van der Waals surface area contributed by atoms with Gasteiger partial charge in [0.2, 0.25) is 5.88 Å². The zero-order valence-corrected chi connectivity index (χ0v) is 13.8. The zero-order valence-electron chi connectivity index (χ0n) is 13.0. The molecule has 0 radical (unpaired) electrons. The van der Waals surface area contributed by atoms with Crippen LogP contribution < -0.4 is 15.8 Å². The van der Waals surface area contributed by atoms with Crippen molar-refractivity contribution in [2.75, 3.05) is 17.7 Å². The van der Waals surface area contributed by atoms with Gasteiger partial charge in [0, 0.05) is 28.9 Å². The highest BCUT2D eigenvalue weighted by Gasteiger charge is 2.12. The number of nitrogens with zero attached hydrogens (tertiary/aromatic N) is 3. The van der Waals surface area contributed by atoms with E-state index in [1.54, 1.807) is 23.6 Å². The van der Waals surface area contributed by atoms with Crippen molar-refractivity contribution in [2.45, 2.75) is 6.92 Å². The lowest BCUT2D eigenvalue weighted by Crippen LogP contribution is -2.04. The van der Waals surface area contributed by atoms with Crippen LogP contribution in [0.5, 0.6) is 5.88 Å². The summed E-state index contributed by atoms with van der Waals surface area (Å²) in [6, 6.07) is 11.5. The number of hydrogen-bond donors (Lipinski definition) is 2. The molecule has 0 fully saturated rings. The largest absolute Gasteiger partial charge is 0.477 e. The highest BCUT2D eigenvalue weighted by Crippen LogP contribution is 2.28. The van der Waals surface area contributed by atoms with E-state index >= 15 is 0 Å². The fraction of sp³-hybridized carbons (Fsp3) is 0.118. The average molecular weight is 337 g/mol. The molecule has 6 nitrogen and oxygen atoms in total. The first kappa shape index (κ1) is 15.8. The lowest BCUT2D eigenvalue weighted by atomic mass is 10.2. The predicted octanol–water partition coefficient (Wildman–Crippen LogP) is 3.80. The van der Waals surface area contributed by atoms with Crippen LogP contribution in [0.2, 0.25) is 0 Å². The monoisotopic (exact) mass is 337 g/mol. The van der Waals surface area contributed by atoms with Crippen LogP contribution >= 0.6 is 11.3 Å². The Balaban J connectivity index is 1.84. The Labute approximate surface area is 143 Å². The first-order valence-corrected chi connectivity index (χ1v) is 8.19. The van der Waals surface area contributed by atoms with Crippen molar-refractivity contribution < 1.29 is 4.74 Å². The molecule has 0 saturated heterocycles. The first-order valence-electron chi connectivity index (χ1n) is 7.31. The predicted molar refractivity (Wildman–Crippen MR) is 95.4 cm³/mol. The van der Waals surface area contributed by atoms with E-state index in [4.69, 9.17) is 15.7 Å². The van der Waals surface area contributed by atoms with Crippen LogP contribution in [0, 0.1) is 11.3 Å². The van der Waals surface area contributed by atoms with E-state index in [2.05, 4.69) is 15.3 Å². The van der Waals surface area contributed by atoms with Gasteiger partial charge in [-0.3, -0.25) is 0 Å². The first-order chi connectivity index (χ1) is 11.7. The maximum absolute atomic E-state index is 9.15. The minimum atomic E-state index is 0.238. The smallest absolute Gasteiger partial charge is 0.235 e. The molecule has 120 valence electrons. The molecule has 2 heterocycles. The van der Waals surface area contributed by atoms with Crippen LogP contribution in [0.1, 0.15) is 12.5 Å². The fourth-order valence-corrected chi connectivity index (χ4v) is 2.81. The van der Waals surface area contributed by atoms with E-state index < -0.39 is 0 Å². The number of benzene rings is 1. The topological polar surface area (TPSA) is 96.8 Å². The third-order valence-electron chi connectivity index (χ3n) is 3.25. The van der Waals surface area contributed by atoms with Gasteiger partial charge in [-0.25, -0.2) is 4.98 Å². The van der Waals surface area contributed by atoms with Gasteiger partial charge in [0.05, 0.1) is 12.3 Å². The summed E-state index contributed by atoms with van der Waals surface area (Å²) in [5.41, 5.74) is 8.41. The number of pyridine rings is 1. The Hall–Kier alpha value is -3.11. The number of nitriles is 1. The highest BCUT2D eigenvalue weighted by atomic mass is 32.1. The van der Waals surface area contributed by atoms with Crippen LogP contribution in [0.4, 0.5) is 17.2 Å². The van der Waals surface area contributed by atoms with E-state index in [0.717, 1.165) is 16.3 Å². The van der Waals surface area contributed by atoms with Gasteiger partial charge in [-0.1, -0.05) is 0 Å². The quantitative estimate of drug-likeness (QED) is 0.735. The number of anilines is 3. The van der Waals surface area contributed by atoms with Crippen molar-refractivity contribution in [3.8, 4) is 22.5 Å². The van der Waals surface area contributed by atoms with E-state index in [1.165, 1.54) is 0 Å². The molecule has 0 saturated carbocycles. The van der Waals surface area contributed by atoms with Gasteiger partial charge in [-0.15, -0.1) is 11.3 Å². The van der Waals surface area contributed by atoms with Gasteiger partial charge in [0.1, 0.15) is 22.5 Å². The summed E-state index contributed by atoms with van der Waals surface area (Å²) in [4.78, 5) is 8.60. The van der Waals surface area contributed by atoms with Crippen LogP contribution in [-0.4, -0.2) is 16.6 Å². The number of nitrogen functional groups attached to an aromatic ring is 1. The van der Waals surface area contributed by atoms with Crippen molar-refractivity contribution in [1.82, 2.24) is 9.97 Å². The lowest BCUT2D eigenvalue weighted by molar-refractivity contribution is 0.326. The Bertz CT molecular complexity index is 869. The fourth-order valence-electron chi connectivity index (χ4n) is 2.17. The maximum atomic E-state index is 9.15. The van der Waals surface area contributed by atoms with Gasteiger partial charge >= 0.3 is 0 Å². The third kappa shape index (κ3) is 3.29. The minimum Gasteiger partial charge on any atom is -0.477 e. The second-order valence-electron chi connectivity index (χ2n) is 4.86. The van der Waals surface area contributed by atoms with Crippen LogP contribution in [0.3, 0.4) is 0 Å². The molecule has 0 aliphatic carbocycles. The molecule has 3 aromatic rings. The normalized spacial score (nSPS) is 10.2. The van der Waals surface area contributed by atoms with Crippen LogP contribution in [0.25, 0.3) is 10.6 Å². The summed E-state index contributed by atoms with van der Waals surface area (Å²) < 4.78 is 5.39. The molecule has 2 aromatic heterocycles. The molecule has 0 aliphatic rings. The van der Waals surface area contributed by atoms with Crippen LogP contribution in [-0.2, 0) is 0 Å². The summed E-state index contributed by atoms with van der Waals surface area (Å²) >= 11 is 1.59. The van der Waals surface area contributed by atoms with Crippen molar-refractivity contribution in [3.05, 3.63) is 47.5 Å². The van der Waals surface area contributed by atoms with E-state index in [-0.39, 0.29) is 11.4 Å². The molecule has 24 heavy (non-hydrogen) atoms. The second-order valence-corrected chi connectivity index (χ2v) is 5.76. The molecule has 0 bridgehead atoms. The molecule has 0 spiro atoms. The maximum Gasteiger partial charge on any atom is 0.235 e. The Morgan fingerprint density at radius 1 is 1.33 bits per heavy atom. The van der Waals surface area contributed by atoms with Gasteiger partial charge in [-0.05, 0) is 31.2 Å².